The summed E-state index contributed by atoms with van der Waals surface area (Å²) >= 11 is 0. The van der Waals surface area contributed by atoms with Crippen molar-refractivity contribution in [3.63, 3.8) is 0 Å². The molecule has 0 fully saturated rings. The minimum Gasteiger partial charge on any atom is -0.489 e. The van der Waals surface area contributed by atoms with Crippen LogP contribution < -0.4 is 20.7 Å². The maximum absolute atomic E-state index is 12.8. The van der Waals surface area contributed by atoms with Crippen LogP contribution in [0.15, 0.2) is 84.9 Å². The van der Waals surface area contributed by atoms with E-state index in [2.05, 4.69) is 16.0 Å². The molecule has 0 aromatic heterocycles. The van der Waals surface area contributed by atoms with Gasteiger partial charge in [-0.3, -0.25) is 0 Å². The van der Waals surface area contributed by atoms with Crippen LogP contribution in [0.2, 0.25) is 0 Å². The zero-order valence-corrected chi connectivity index (χ0v) is 28.4. The highest BCUT2D eigenvalue weighted by Gasteiger charge is 2.28. The monoisotopic (exact) mass is 649 g/mol. The Bertz CT molecular complexity index is 1370. The molecule has 3 aromatic rings. The van der Waals surface area contributed by atoms with Gasteiger partial charge >= 0.3 is 12.2 Å². The summed E-state index contributed by atoms with van der Waals surface area (Å²) in [5.74, 6) is 0.667. The first-order valence-corrected chi connectivity index (χ1v) is 16.0. The van der Waals surface area contributed by atoms with Crippen molar-refractivity contribution in [3.8, 4) is 5.75 Å². The molecule has 0 radical (unpaired) electrons. The van der Waals surface area contributed by atoms with E-state index in [0.717, 1.165) is 16.7 Å². The van der Waals surface area contributed by atoms with Crippen LogP contribution in [0, 0.1) is 0 Å². The fourth-order valence-electron chi connectivity index (χ4n) is 4.77. The third-order valence-corrected chi connectivity index (χ3v) is 6.94. The Kier molecular flexibility index (Phi) is 14.1. The maximum Gasteiger partial charge on any atom is 0.407 e. The fourth-order valence-corrected chi connectivity index (χ4v) is 4.77. The van der Waals surface area contributed by atoms with Gasteiger partial charge < -0.3 is 40.4 Å². The summed E-state index contributed by atoms with van der Waals surface area (Å²) < 4.78 is 16.9. The van der Waals surface area contributed by atoms with E-state index in [4.69, 9.17) is 14.2 Å². The van der Waals surface area contributed by atoms with Crippen molar-refractivity contribution in [1.82, 2.24) is 16.0 Å². The molecule has 47 heavy (non-hydrogen) atoms. The van der Waals surface area contributed by atoms with Gasteiger partial charge in [0.1, 0.15) is 23.6 Å². The molecular weight excluding hydrogens is 598 g/mol. The zero-order chi connectivity index (χ0) is 34.5. The second-order valence-corrected chi connectivity index (χ2v) is 13.6. The SMILES string of the molecule is CC(C)(C)OC(=O)N[C@@H](Cc1cccc(OCc2ccccc2)c1)[C@@H](O)CNCC(O)[C@@H](Cc1ccccc1)NC(=O)OC(C)(C)C. The first-order chi connectivity index (χ1) is 22.2. The molecule has 256 valence electrons. The summed E-state index contributed by atoms with van der Waals surface area (Å²) in [5.41, 5.74) is 1.41. The smallest absolute Gasteiger partial charge is 0.407 e. The number of ether oxygens (including phenoxy) is 3. The van der Waals surface area contributed by atoms with Crippen molar-refractivity contribution >= 4 is 12.2 Å². The van der Waals surface area contributed by atoms with Gasteiger partial charge in [0.2, 0.25) is 0 Å². The summed E-state index contributed by atoms with van der Waals surface area (Å²) in [7, 11) is 0. The van der Waals surface area contributed by atoms with Crippen LogP contribution in [0.5, 0.6) is 5.75 Å². The number of hydrogen-bond acceptors (Lipinski definition) is 8. The molecule has 0 saturated heterocycles. The van der Waals surface area contributed by atoms with Gasteiger partial charge in [-0.15, -0.1) is 0 Å². The minimum atomic E-state index is -1.05. The first kappa shape index (κ1) is 37.3. The molecule has 5 N–H and O–H groups in total. The Hall–Kier alpha value is -4.12. The van der Waals surface area contributed by atoms with Crippen molar-refractivity contribution in [1.29, 1.82) is 0 Å². The minimum absolute atomic E-state index is 0.0478. The van der Waals surface area contributed by atoms with Crippen LogP contribution in [0.4, 0.5) is 9.59 Å². The number of carbonyl (C=O) groups is 2. The summed E-state index contributed by atoms with van der Waals surface area (Å²) in [6.07, 6.45) is -2.67. The average Bonchev–Trinajstić information content (AvgIpc) is 2.98. The van der Waals surface area contributed by atoms with Gasteiger partial charge in [0.25, 0.3) is 0 Å². The molecule has 0 aliphatic carbocycles. The third kappa shape index (κ3) is 14.9. The summed E-state index contributed by atoms with van der Waals surface area (Å²) in [6, 6.07) is 25.5. The number of aliphatic hydroxyl groups is 2. The lowest BCUT2D eigenvalue weighted by Gasteiger charge is -2.29. The molecule has 0 spiro atoms. The molecular formula is C37H51N3O7. The quantitative estimate of drug-likeness (QED) is 0.153. The Labute approximate surface area is 278 Å². The van der Waals surface area contributed by atoms with E-state index < -0.39 is 47.7 Å². The molecule has 3 rings (SSSR count). The molecule has 10 heteroatoms. The van der Waals surface area contributed by atoms with Crippen molar-refractivity contribution in [2.75, 3.05) is 13.1 Å². The second kappa shape index (κ2) is 17.7. The van der Waals surface area contributed by atoms with Crippen molar-refractivity contribution < 1.29 is 34.0 Å². The van der Waals surface area contributed by atoms with Gasteiger partial charge in [0.15, 0.2) is 0 Å². The molecule has 0 aliphatic rings. The Morgan fingerprint density at radius 1 is 0.638 bits per heavy atom. The number of aliphatic hydroxyl groups excluding tert-OH is 2. The van der Waals surface area contributed by atoms with Crippen LogP contribution in [0.25, 0.3) is 0 Å². The van der Waals surface area contributed by atoms with Crippen molar-refractivity contribution in [2.24, 2.45) is 0 Å². The van der Waals surface area contributed by atoms with Gasteiger partial charge in [-0.2, -0.15) is 0 Å². The largest absolute Gasteiger partial charge is 0.489 e. The lowest BCUT2D eigenvalue weighted by Crippen LogP contribution is -2.53. The van der Waals surface area contributed by atoms with Crippen LogP contribution in [-0.2, 0) is 28.9 Å². The number of amides is 2. The number of nitrogens with one attached hydrogen (secondary N) is 3. The molecule has 0 aliphatic heterocycles. The van der Waals surface area contributed by atoms with Gasteiger partial charge in [-0.25, -0.2) is 9.59 Å². The molecule has 0 saturated carbocycles. The highest BCUT2D eigenvalue weighted by Crippen LogP contribution is 2.18. The first-order valence-electron chi connectivity index (χ1n) is 16.0. The summed E-state index contributed by atoms with van der Waals surface area (Å²) in [4.78, 5) is 25.3. The van der Waals surface area contributed by atoms with E-state index in [0.29, 0.717) is 25.2 Å². The van der Waals surface area contributed by atoms with Crippen LogP contribution in [-0.4, -0.2) is 71.0 Å². The van der Waals surface area contributed by atoms with E-state index in [1.165, 1.54) is 0 Å². The average molecular weight is 650 g/mol. The molecule has 2 amide bonds. The Morgan fingerprint density at radius 2 is 1.09 bits per heavy atom. The molecule has 0 bridgehead atoms. The Morgan fingerprint density at radius 3 is 1.57 bits per heavy atom. The topological polar surface area (TPSA) is 138 Å². The number of hydrogen-bond donors (Lipinski definition) is 5. The highest BCUT2D eigenvalue weighted by molar-refractivity contribution is 5.68. The predicted molar refractivity (Wildman–Crippen MR) is 182 cm³/mol. The third-order valence-electron chi connectivity index (χ3n) is 6.94. The number of alkyl carbamates (subject to hydrolysis) is 2. The summed E-state index contributed by atoms with van der Waals surface area (Å²) in [6.45, 7) is 11.1. The normalized spacial score (nSPS) is 14.3. The van der Waals surface area contributed by atoms with Gasteiger partial charge in [0, 0.05) is 13.1 Å². The summed E-state index contributed by atoms with van der Waals surface area (Å²) in [5, 5.41) is 31.1. The lowest BCUT2D eigenvalue weighted by molar-refractivity contribution is 0.0399. The second-order valence-electron chi connectivity index (χ2n) is 13.6. The predicted octanol–water partition coefficient (Wildman–Crippen LogP) is 5.15. The van der Waals surface area contributed by atoms with Gasteiger partial charge in [-0.05, 0) is 83.2 Å². The molecule has 10 nitrogen and oxygen atoms in total. The standard InChI is InChI=1S/C37H51N3O7/c1-36(2,3)46-34(43)39-30(21-26-14-9-7-10-15-26)32(41)23-38-24-33(42)31(40-35(44)47-37(4,5)6)22-28-18-13-19-29(20-28)45-25-27-16-11-8-12-17-27/h7-20,30-33,38,41-42H,21-25H2,1-6H3,(H,39,43)(H,40,44)/t30-,31+,32?,33+/m1/s1. The zero-order valence-electron chi connectivity index (χ0n) is 28.4. The van der Waals surface area contributed by atoms with Gasteiger partial charge in [-0.1, -0.05) is 72.8 Å². The van der Waals surface area contributed by atoms with Crippen LogP contribution >= 0.6 is 0 Å². The Balaban J connectivity index is 1.66. The number of carbonyl (C=O) groups excluding carboxylic acids is 2. The van der Waals surface area contributed by atoms with Gasteiger partial charge in [0.05, 0.1) is 24.3 Å². The van der Waals surface area contributed by atoms with E-state index in [1.54, 1.807) is 41.5 Å². The molecule has 1 unspecified atom stereocenters. The van der Waals surface area contributed by atoms with E-state index >= 15 is 0 Å². The fraction of sp³-hybridized carbons (Fsp3) is 0.459. The van der Waals surface area contributed by atoms with E-state index in [1.807, 2.05) is 84.9 Å². The van der Waals surface area contributed by atoms with E-state index in [-0.39, 0.29) is 13.1 Å². The number of benzene rings is 3. The molecule has 3 aromatic carbocycles. The van der Waals surface area contributed by atoms with Crippen LogP contribution in [0.3, 0.4) is 0 Å². The molecule has 0 heterocycles. The van der Waals surface area contributed by atoms with Crippen molar-refractivity contribution in [3.05, 3.63) is 102 Å². The lowest BCUT2D eigenvalue weighted by atomic mass is 10.00. The highest BCUT2D eigenvalue weighted by atomic mass is 16.6. The number of rotatable bonds is 15. The van der Waals surface area contributed by atoms with Crippen LogP contribution in [0.1, 0.15) is 58.2 Å². The maximum atomic E-state index is 12.8. The van der Waals surface area contributed by atoms with Crippen molar-refractivity contribution in [2.45, 2.75) is 96.5 Å². The van der Waals surface area contributed by atoms with E-state index in [9.17, 15) is 19.8 Å². The molecule has 4 atom stereocenters.